The van der Waals surface area contributed by atoms with Gasteiger partial charge in [0.1, 0.15) is 12.5 Å². The van der Waals surface area contributed by atoms with E-state index in [-0.39, 0.29) is 6.04 Å². The Balaban J connectivity index is 0.000000662. The molecule has 0 spiro atoms. The van der Waals surface area contributed by atoms with Crippen molar-refractivity contribution in [2.45, 2.75) is 26.4 Å². The maximum absolute atomic E-state index is 11.5. The molecule has 56 heavy (non-hydrogen) atoms. The van der Waals surface area contributed by atoms with Gasteiger partial charge in [0, 0.05) is 51.5 Å². The first kappa shape index (κ1) is 48.1. The van der Waals surface area contributed by atoms with Crippen molar-refractivity contribution in [3.05, 3.63) is 94.6 Å². The smallest absolute Gasteiger partial charge is 0.207 e. The highest BCUT2D eigenvalue weighted by Gasteiger charge is 2.24. The van der Waals surface area contributed by atoms with E-state index in [0.717, 1.165) is 48.6 Å². The highest BCUT2D eigenvalue weighted by molar-refractivity contribution is 5.71. The number of aldehydes is 1. The van der Waals surface area contributed by atoms with Crippen LogP contribution in [0.3, 0.4) is 0 Å². The minimum absolute atomic E-state index is 0.148. The molecule has 310 valence electrons. The minimum atomic E-state index is -0.148. The van der Waals surface area contributed by atoms with Crippen molar-refractivity contribution < 1.29 is 42.8 Å². The van der Waals surface area contributed by atoms with E-state index < -0.39 is 0 Å². The summed E-state index contributed by atoms with van der Waals surface area (Å²) in [6.07, 6.45) is 1.44. The molecule has 1 fully saturated rings. The van der Waals surface area contributed by atoms with Crippen LogP contribution < -0.4 is 11.1 Å². The monoisotopic (exact) mass is 782 g/mol. The SMILES string of the molecule is C=O.Cc1ccc(C(c2cccc(C=O)n2)N2CCOCCOCCN(Cc3cccc(C)n3)CCOCCOCC2)cc1.NCCOCCOCCNC=O. The molecule has 3 N–H and O–H groups in total. The summed E-state index contributed by atoms with van der Waals surface area (Å²) >= 11 is 0. The summed E-state index contributed by atoms with van der Waals surface area (Å²) in [6, 6.07) is 20.0. The molecular weight excluding hydrogens is 720 g/mol. The molecule has 0 radical (unpaired) electrons. The lowest BCUT2D eigenvalue weighted by Crippen LogP contribution is -2.36. The summed E-state index contributed by atoms with van der Waals surface area (Å²) < 4.78 is 34.0. The Kier molecular flexibility index (Phi) is 27.6. The molecule has 4 rings (SSSR count). The predicted octanol–water partition coefficient (Wildman–Crippen LogP) is 2.42. The molecule has 1 amide bonds. The van der Waals surface area contributed by atoms with Crippen molar-refractivity contribution in [3.63, 3.8) is 0 Å². The van der Waals surface area contributed by atoms with Gasteiger partial charge in [-0.3, -0.25) is 24.4 Å². The van der Waals surface area contributed by atoms with Gasteiger partial charge >= 0.3 is 0 Å². The number of aromatic nitrogens is 2. The molecule has 1 aliphatic rings. The van der Waals surface area contributed by atoms with Gasteiger partial charge in [-0.05, 0) is 43.7 Å². The van der Waals surface area contributed by atoms with E-state index in [0.29, 0.717) is 118 Å². The average molecular weight is 783 g/mol. The molecule has 15 heteroatoms. The van der Waals surface area contributed by atoms with Gasteiger partial charge in [-0.1, -0.05) is 42.0 Å². The molecule has 0 saturated carbocycles. The number of nitrogens with one attached hydrogen (secondary N) is 1. The lowest BCUT2D eigenvalue weighted by molar-refractivity contribution is -0.109. The van der Waals surface area contributed by atoms with Crippen molar-refractivity contribution in [1.82, 2.24) is 25.1 Å². The molecule has 2 aromatic heterocycles. The lowest BCUT2D eigenvalue weighted by Gasteiger charge is -2.32. The van der Waals surface area contributed by atoms with Crippen molar-refractivity contribution in [2.24, 2.45) is 5.73 Å². The number of nitrogens with zero attached hydrogens (tertiary/aromatic N) is 4. The van der Waals surface area contributed by atoms with Gasteiger partial charge < -0.3 is 44.3 Å². The maximum atomic E-state index is 11.5. The summed E-state index contributed by atoms with van der Waals surface area (Å²) in [7, 11) is 0. The number of carbonyl (C=O) groups is 3. The van der Waals surface area contributed by atoms with Gasteiger partial charge in [0.25, 0.3) is 0 Å². The molecule has 0 aliphatic carbocycles. The quantitative estimate of drug-likeness (QED) is 0.170. The van der Waals surface area contributed by atoms with E-state index in [1.165, 1.54) is 5.56 Å². The Morgan fingerprint density at radius 2 is 1.34 bits per heavy atom. The topological polar surface area (TPSA) is 177 Å². The van der Waals surface area contributed by atoms with E-state index in [1.54, 1.807) is 6.07 Å². The lowest BCUT2D eigenvalue weighted by atomic mass is 9.99. The van der Waals surface area contributed by atoms with Crippen LogP contribution in [0, 0.1) is 13.8 Å². The van der Waals surface area contributed by atoms with Crippen molar-refractivity contribution >= 4 is 19.5 Å². The molecule has 1 aliphatic heterocycles. The van der Waals surface area contributed by atoms with Crippen LogP contribution in [0.25, 0.3) is 0 Å². The Morgan fingerprint density at radius 3 is 1.91 bits per heavy atom. The summed E-state index contributed by atoms with van der Waals surface area (Å²) in [5.41, 5.74) is 10.8. The van der Waals surface area contributed by atoms with E-state index in [4.69, 9.17) is 38.9 Å². The fourth-order valence-electron chi connectivity index (χ4n) is 5.55. The number of nitrogens with two attached hydrogens (primary N) is 1. The first-order valence-electron chi connectivity index (χ1n) is 19.0. The van der Waals surface area contributed by atoms with Crippen molar-refractivity contribution in [2.75, 3.05) is 119 Å². The van der Waals surface area contributed by atoms with Crippen molar-refractivity contribution in [3.8, 4) is 0 Å². The van der Waals surface area contributed by atoms with Crippen molar-refractivity contribution in [1.29, 1.82) is 0 Å². The highest BCUT2D eigenvalue weighted by Crippen LogP contribution is 2.28. The number of hydrogen-bond donors (Lipinski definition) is 2. The standard InChI is InChI=1S/C33H44N4O5.C7H16N2O3.CH2O/c1-27-9-11-29(12-10-27)33(32-8-4-7-31(26-38)35-32)37-15-19-41-23-21-39-17-13-36(14-18-40-22-24-42-20-16-37)25-30-6-3-5-28(2)34-30;8-1-3-11-5-6-12-4-2-9-7-10;1-2/h3-12,26,33H,13-25H2,1-2H3;7H,1-6,8H2,(H,9,10);1H2. The molecule has 0 bridgehead atoms. The summed E-state index contributed by atoms with van der Waals surface area (Å²) in [4.78, 5) is 43.2. The largest absolute Gasteiger partial charge is 0.378 e. The van der Waals surface area contributed by atoms with Gasteiger partial charge in [0.05, 0.1) is 96.7 Å². The van der Waals surface area contributed by atoms with Crippen LogP contribution in [0.5, 0.6) is 0 Å². The second kappa shape index (κ2) is 32.1. The zero-order valence-corrected chi connectivity index (χ0v) is 33.2. The molecule has 1 atom stereocenters. The molecule has 1 saturated heterocycles. The number of pyridine rings is 2. The van der Waals surface area contributed by atoms with Crippen LogP contribution >= 0.6 is 0 Å². The Labute approximate surface area is 332 Å². The predicted molar refractivity (Wildman–Crippen MR) is 214 cm³/mol. The summed E-state index contributed by atoms with van der Waals surface area (Å²) in [6.45, 7) is 17.4. The van der Waals surface area contributed by atoms with E-state index in [1.807, 2.05) is 38.0 Å². The van der Waals surface area contributed by atoms with Gasteiger partial charge in [-0.2, -0.15) is 0 Å². The van der Waals surface area contributed by atoms with Crippen LogP contribution in [-0.2, 0) is 44.6 Å². The van der Waals surface area contributed by atoms with Crippen LogP contribution in [0.1, 0.15) is 44.7 Å². The first-order valence-corrected chi connectivity index (χ1v) is 19.0. The molecule has 1 aromatic carbocycles. The normalized spacial score (nSPS) is 16.1. The Bertz CT molecular complexity index is 1420. The molecule has 3 aromatic rings. The van der Waals surface area contributed by atoms with E-state index in [2.05, 4.69) is 62.3 Å². The van der Waals surface area contributed by atoms with Gasteiger partial charge in [-0.15, -0.1) is 0 Å². The molecule has 3 heterocycles. The average Bonchev–Trinajstić information content (AvgIpc) is 3.22. The van der Waals surface area contributed by atoms with Crippen LogP contribution in [-0.4, -0.2) is 158 Å². The maximum Gasteiger partial charge on any atom is 0.207 e. The van der Waals surface area contributed by atoms with Crippen LogP contribution in [0.15, 0.2) is 60.7 Å². The number of aryl methyl sites for hydroxylation is 2. The molecule has 15 nitrogen and oxygen atoms in total. The number of amides is 1. The minimum Gasteiger partial charge on any atom is -0.378 e. The second-order valence-corrected chi connectivity index (χ2v) is 12.5. The van der Waals surface area contributed by atoms with E-state index >= 15 is 0 Å². The third-order valence-electron chi connectivity index (χ3n) is 8.28. The third kappa shape index (κ3) is 21.3. The van der Waals surface area contributed by atoms with Gasteiger partial charge in [0.15, 0.2) is 6.29 Å². The fraction of sp³-hybridized carbons (Fsp3) is 0.537. The fourth-order valence-corrected chi connectivity index (χ4v) is 5.55. The van der Waals surface area contributed by atoms with Crippen LogP contribution in [0.2, 0.25) is 0 Å². The Hall–Kier alpha value is -4.03. The number of hydrogen-bond acceptors (Lipinski definition) is 14. The third-order valence-corrected chi connectivity index (χ3v) is 8.28. The van der Waals surface area contributed by atoms with E-state index in [9.17, 15) is 9.59 Å². The number of carbonyl (C=O) groups excluding carboxylic acids is 3. The number of benzene rings is 1. The Morgan fingerprint density at radius 1 is 0.750 bits per heavy atom. The second-order valence-electron chi connectivity index (χ2n) is 12.5. The number of rotatable bonds is 15. The van der Waals surface area contributed by atoms with Gasteiger partial charge in [-0.25, -0.2) is 4.98 Å². The zero-order chi connectivity index (χ0) is 40.5. The highest BCUT2D eigenvalue weighted by atomic mass is 16.5. The molecular formula is C41H62N6O9. The first-order chi connectivity index (χ1) is 27.5. The molecule has 1 unspecified atom stereocenters. The zero-order valence-electron chi connectivity index (χ0n) is 33.2. The van der Waals surface area contributed by atoms with Gasteiger partial charge in [0.2, 0.25) is 6.41 Å². The summed E-state index contributed by atoms with van der Waals surface area (Å²) in [5, 5.41) is 2.48. The number of ether oxygens (including phenoxy) is 6. The summed E-state index contributed by atoms with van der Waals surface area (Å²) in [5.74, 6) is 0. The van der Waals surface area contributed by atoms with Crippen LogP contribution in [0.4, 0.5) is 0 Å².